The molecule has 1 fully saturated rings. The SMILES string of the molecule is CCCCCCC(C)(CCCCC)C(=O)NC1CCN(C)CC1. The summed E-state index contributed by atoms with van der Waals surface area (Å²) in [5.41, 5.74) is -0.160. The third-order valence-electron chi connectivity index (χ3n) is 5.52. The first kappa shape index (κ1) is 20.5. The highest BCUT2D eigenvalue weighted by Crippen LogP contribution is 2.32. The van der Waals surface area contributed by atoms with E-state index in [4.69, 9.17) is 0 Å². The molecule has 0 bridgehead atoms. The van der Waals surface area contributed by atoms with Crippen LogP contribution in [0.1, 0.15) is 91.4 Å². The van der Waals surface area contributed by atoms with Crippen molar-refractivity contribution in [1.29, 1.82) is 0 Å². The lowest BCUT2D eigenvalue weighted by molar-refractivity contribution is -0.132. The number of amides is 1. The van der Waals surface area contributed by atoms with Gasteiger partial charge in [0.05, 0.1) is 0 Å². The van der Waals surface area contributed by atoms with Crippen molar-refractivity contribution in [2.24, 2.45) is 5.41 Å². The number of likely N-dealkylation sites (tertiary alicyclic amines) is 1. The second kappa shape index (κ2) is 11.1. The number of nitrogens with one attached hydrogen (secondary N) is 1. The molecule has 0 aromatic heterocycles. The van der Waals surface area contributed by atoms with Gasteiger partial charge in [0.2, 0.25) is 5.91 Å². The molecular weight excluding hydrogens is 284 g/mol. The summed E-state index contributed by atoms with van der Waals surface area (Å²) in [6.07, 6.45) is 13.0. The highest BCUT2D eigenvalue weighted by atomic mass is 16.2. The Balaban J connectivity index is 2.51. The molecule has 1 aliphatic heterocycles. The van der Waals surface area contributed by atoms with Crippen molar-refractivity contribution in [3.63, 3.8) is 0 Å². The zero-order valence-electron chi connectivity index (χ0n) is 16.1. The summed E-state index contributed by atoms with van der Waals surface area (Å²) >= 11 is 0. The molecule has 0 saturated carbocycles. The van der Waals surface area contributed by atoms with Crippen molar-refractivity contribution in [2.45, 2.75) is 97.4 Å². The Morgan fingerprint density at radius 1 is 1.00 bits per heavy atom. The lowest BCUT2D eigenvalue weighted by atomic mass is 9.78. The molecule has 1 unspecified atom stereocenters. The van der Waals surface area contributed by atoms with Gasteiger partial charge in [-0.3, -0.25) is 4.79 Å². The van der Waals surface area contributed by atoms with Gasteiger partial charge in [0.15, 0.2) is 0 Å². The van der Waals surface area contributed by atoms with Crippen LogP contribution >= 0.6 is 0 Å². The van der Waals surface area contributed by atoms with Gasteiger partial charge in [-0.05, 0) is 45.8 Å². The molecular formula is C20H40N2O. The largest absolute Gasteiger partial charge is 0.353 e. The molecule has 3 nitrogen and oxygen atoms in total. The van der Waals surface area contributed by atoms with Gasteiger partial charge in [-0.2, -0.15) is 0 Å². The van der Waals surface area contributed by atoms with Gasteiger partial charge < -0.3 is 10.2 Å². The molecule has 136 valence electrons. The van der Waals surface area contributed by atoms with E-state index in [0.29, 0.717) is 11.9 Å². The van der Waals surface area contributed by atoms with Gasteiger partial charge >= 0.3 is 0 Å². The van der Waals surface area contributed by atoms with E-state index in [1.54, 1.807) is 0 Å². The molecule has 1 aliphatic rings. The van der Waals surface area contributed by atoms with Crippen molar-refractivity contribution in [1.82, 2.24) is 10.2 Å². The van der Waals surface area contributed by atoms with Crippen LogP contribution in [-0.4, -0.2) is 37.0 Å². The predicted molar refractivity (Wildman–Crippen MR) is 99.7 cm³/mol. The van der Waals surface area contributed by atoms with E-state index >= 15 is 0 Å². The summed E-state index contributed by atoms with van der Waals surface area (Å²) in [5.74, 6) is 0.319. The van der Waals surface area contributed by atoms with Crippen molar-refractivity contribution in [3.05, 3.63) is 0 Å². The second-order valence-corrected chi connectivity index (χ2v) is 7.88. The number of nitrogens with zero attached hydrogens (tertiary/aromatic N) is 1. The first-order valence-corrected chi connectivity index (χ1v) is 10.0. The molecule has 0 radical (unpaired) electrons. The van der Waals surface area contributed by atoms with E-state index in [1.165, 1.54) is 44.9 Å². The van der Waals surface area contributed by atoms with Gasteiger partial charge in [-0.25, -0.2) is 0 Å². The minimum atomic E-state index is -0.160. The monoisotopic (exact) mass is 324 g/mol. The summed E-state index contributed by atoms with van der Waals surface area (Å²) in [7, 11) is 2.17. The molecule has 3 heteroatoms. The van der Waals surface area contributed by atoms with Crippen molar-refractivity contribution in [2.75, 3.05) is 20.1 Å². The van der Waals surface area contributed by atoms with Crippen molar-refractivity contribution < 1.29 is 4.79 Å². The Hall–Kier alpha value is -0.570. The fourth-order valence-electron chi connectivity index (χ4n) is 3.57. The highest BCUT2D eigenvalue weighted by Gasteiger charge is 2.33. The van der Waals surface area contributed by atoms with E-state index in [1.807, 2.05) is 0 Å². The molecule has 1 amide bonds. The van der Waals surface area contributed by atoms with Crippen LogP contribution in [0, 0.1) is 5.41 Å². The van der Waals surface area contributed by atoms with Crippen LogP contribution < -0.4 is 5.32 Å². The van der Waals surface area contributed by atoms with Crippen LogP contribution in [0.4, 0.5) is 0 Å². The molecule has 1 N–H and O–H groups in total. The number of piperidine rings is 1. The predicted octanol–water partition coefficient (Wildman–Crippen LogP) is 4.75. The summed E-state index contributed by atoms with van der Waals surface area (Å²) in [4.78, 5) is 15.3. The van der Waals surface area contributed by atoms with E-state index in [9.17, 15) is 4.79 Å². The molecule has 1 rings (SSSR count). The first-order chi connectivity index (χ1) is 11.0. The molecule has 0 spiro atoms. The van der Waals surface area contributed by atoms with E-state index in [0.717, 1.165) is 38.8 Å². The first-order valence-electron chi connectivity index (χ1n) is 10.0. The van der Waals surface area contributed by atoms with Crippen LogP contribution in [0.15, 0.2) is 0 Å². The zero-order valence-corrected chi connectivity index (χ0v) is 16.1. The van der Waals surface area contributed by atoms with Gasteiger partial charge in [0.25, 0.3) is 0 Å². The molecule has 1 saturated heterocycles. The fraction of sp³-hybridized carbons (Fsp3) is 0.950. The van der Waals surface area contributed by atoms with Crippen LogP contribution in [0.25, 0.3) is 0 Å². The minimum Gasteiger partial charge on any atom is -0.353 e. The number of hydrogen-bond donors (Lipinski definition) is 1. The molecule has 1 heterocycles. The maximum atomic E-state index is 12.9. The lowest BCUT2D eigenvalue weighted by Gasteiger charge is -2.34. The second-order valence-electron chi connectivity index (χ2n) is 7.88. The number of rotatable bonds is 11. The third-order valence-corrected chi connectivity index (χ3v) is 5.52. The Labute approximate surface area is 144 Å². The van der Waals surface area contributed by atoms with E-state index in [2.05, 4.69) is 38.0 Å². The zero-order chi connectivity index (χ0) is 17.1. The summed E-state index contributed by atoms with van der Waals surface area (Å²) in [6.45, 7) is 8.89. The fourth-order valence-corrected chi connectivity index (χ4v) is 3.57. The standard InChI is InChI=1S/C20H40N2O/c1-5-7-9-11-15-20(3,14-10-8-6-2)19(23)21-18-12-16-22(4)17-13-18/h18H,5-17H2,1-4H3,(H,21,23). The maximum Gasteiger partial charge on any atom is 0.226 e. The summed E-state index contributed by atoms with van der Waals surface area (Å²) < 4.78 is 0. The van der Waals surface area contributed by atoms with Gasteiger partial charge in [-0.15, -0.1) is 0 Å². The molecule has 23 heavy (non-hydrogen) atoms. The Morgan fingerprint density at radius 2 is 1.52 bits per heavy atom. The number of unbranched alkanes of at least 4 members (excludes halogenated alkanes) is 5. The third kappa shape index (κ3) is 7.69. The molecule has 0 aromatic carbocycles. The van der Waals surface area contributed by atoms with Gasteiger partial charge in [0.1, 0.15) is 0 Å². The quantitative estimate of drug-likeness (QED) is 0.556. The molecule has 0 aliphatic carbocycles. The van der Waals surface area contributed by atoms with E-state index in [-0.39, 0.29) is 5.41 Å². The summed E-state index contributed by atoms with van der Waals surface area (Å²) in [6, 6.07) is 0.389. The molecule has 1 atom stereocenters. The maximum absolute atomic E-state index is 12.9. The Morgan fingerprint density at radius 3 is 2.09 bits per heavy atom. The smallest absolute Gasteiger partial charge is 0.226 e. The van der Waals surface area contributed by atoms with Gasteiger partial charge in [-0.1, -0.05) is 65.7 Å². The Kier molecular flexibility index (Phi) is 9.85. The number of hydrogen-bond acceptors (Lipinski definition) is 2. The van der Waals surface area contributed by atoms with Gasteiger partial charge in [0, 0.05) is 11.5 Å². The summed E-state index contributed by atoms with van der Waals surface area (Å²) in [5, 5.41) is 3.38. The highest BCUT2D eigenvalue weighted by molar-refractivity contribution is 5.82. The number of carbonyl (C=O) groups is 1. The Bertz CT molecular complexity index is 324. The van der Waals surface area contributed by atoms with Crippen molar-refractivity contribution in [3.8, 4) is 0 Å². The van der Waals surface area contributed by atoms with Crippen molar-refractivity contribution >= 4 is 5.91 Å². The topological polar surface area (TPSA) is 32.3 Å². The minimum absolute atomic E-state index is 0.160. The van der Waals surface area contributed by atoms with Crippen LogP contribution in [0.5, 0.6) is 0 Å². The average Bonchev–Trinajstić information content (AvgIpc) is 2.54. The van der Waals surface area contributed by atoms with Crippen LogP contribution in [0.2, 0.25) is 0 Å². The lowest BCUT2D eigenvalue weighted by Crippen LogP contribution is -2.48. The average molecular weight is 325 g/mol. The van der Waals surface area contributed by atoms with Crippen LogP contribution in [0.3, 0.4) is 0 Å². The normalized spacial score (nSPS) is 19.5. The molecule has 0 aromatic rings. The van der Waals surface area contributed by atoms with Crippen LogP contribution in [-0.2, 0) is 4.79 Å². The van der Waals surface area contributed by atoms with E-state index < -0.39 is 0 Å². The number of carbonyl (C=O) groups excluding carboxylic acids is 1.